The largest absolute Gasteiger partial charge is 0.381 e. The van der Waals surface area contributed by atoms with E-state index in [0.717, 1.165) is 36.5 Å². The van der Waals surface area contributed by atoms with Crippen molar-refractivity contribution >= 4 is 11.6 Å². The molecule has 1 aromatic rings. The topological polar surface area (TPSA) is 85.1 Å². The number of nitrogens with zero attached hydrogens (tertiary/aromatic N) is 2. The van der Waals surface area contributed by atoms with E-state index in [1.54, 1.807) is 7.11 Å². The number of rotatable bonds is 5. The van der Waals surface area contributed by atoms with Crippen LogP contribution in [-0.4, -0.2) is 29.2 Å². The Labute approximate surface area is 107 Å². The van der Waals surface area contributed by atoms with Crippen molar-refractivity contribution in [3.63, 3.8) is 0 Å². The fourth-order valence-electron chi connectivity index (χ4n) is 2.07. The van der Waals surface area contributed by atoms with E-state index >= 15 is 0 Å². The van der Waals surface area contributed by atoms with E-state index in [2.05, 4.69) is 20.7 Å². The minimum Gasteiger partial charge on any atom is -0.381 e. The quantitative estimate of drug-likeness (QED) is 0.539. The van der Waals surface area contributed by atoms with E-state index in [0.29, 0.717) is 18.0 Å². The van der Waals surface area contributed by atoms with E-state index in [9.17, 15) is 0 Å². The molecule has 0 atom stereocenters. The predicted molar refractivity (Wildman–Crippen MR) is 71.4 cm³/mol. The molecule has 18 heavy (non-hydrogen) atoms. The summed E-state index contributed by atoms with van der Waals surface area (Å²) in [6.07, 6.45) is 3.21. The normalized spacial score (nSPS) is 22.4. The minimum atomic E-state index is 0.377. The van der Waals surface area contributed by atoms with Gasteiger partial charge in [-0.25, -0.2) is 15.8 Å². The molecule has 0 amide bonds. The molecule has 2 rings (SSSR count). The highest BCUT2D eigenvalue weighted by Gasteiger charge is 2.29. The summed E-state index contributed by atoms with van der Waals surface area (Å²) in [5.74, 6) is 7.82. The molecule has 1 aliphatic rings. The number of hydrogen-bond donors (Lipinski definition) is 3. The summed E-state index contributed by atoms with van der Waals surface area (Å²) in [5, 5.41) is 3.43. The van der Waals surface area contributed by atoms with Gasteiger partial charge in [0, 0.05) is 25.1 Å². The van der Waals surface area contributed by atoms with Crippen LogP contribution in [0.5, 0.6) is 0 Å². The molecule has 1 saturated carbocycles. The Bertz CT molecular complexity index is 417. The van der Waals surface area contributed by atoms with Crippen LogP contribution in [0.15, 0.2) is 0 Å². The number of aryl methyl sites for hydroxylation is 1. The fourth-order valence-corrected chi connectivity index (χ4v) is 2.07. The van der Waals surface area contributed by atoms with E-state index < -0.39 is 0 Å². The lowest BCUT2D eigenvalue weighted by Gasteiger charge is -2.35. The van der Waals surface area contributed by atoms with Gasteiger partial charge in [0.2, 0.25) is 0 Å². The zero-order valence-electron chi connectivity index (χ0n) is 11.2. The Hall–Kier alpha value is -1.40. The van der Waals surface area contributed by atoms with Crippen molar-refractivity contribution in [1.29, 1.82) is 0 Å². The van der Waals surface area contributed by atoms with Crippen molar-refractivity contribution < 1.29 is 4.74 Å². The molecule has 0 aliphatic heterocycles. The van der Waals surface area contributed by atoms with Gasteiger partial charge in [-0.2, -0.15) is 0 Å². The fraction of sp³-hybridized carbons (Fsp3) is 0.667. The molecule has 1 fully saturated rings. The van der Waals surface area contributed by atoms with Crippen molar-refractivity contribution in [2.75, 3.05) is 17.9 Å². The smallest absolute Gasteiger partial charge is 0.148 e. The van der Waals surface area contributed by atoms with Crippen LogP contribution in [0.1, 0.15) is 31.2 Å². The molecule has 6 heteroatoms. The van der Waals surface area contributed by atoms with Crippen LogP contribution < -0.4 is 16.6 Å². The third-order valence-electron chi connectivity index (χ3n) is 3.41. The number of ether oxygens (including phenoxy) is 1. The molecule has 0 aromatic carbocycles. The number of nitrogens with one attached hydrogen (secondary N) is 2. The molecule has 100 valence electrons. The van der Waals surface area contributed by atoms with Crippen LogP contribution in [0.4, 0.5) is 11.6 Å². The summed E-state index contributed by atoms with van der Waals surface area (Å²) in [7, 11) is 1.75. The first-order chi connectivity index (χ1) is 8.67. The Morgan fingerprint density at radius 1 is 1.33 bits per heavy atom. The summed E-state index contributed by atoms with van der Waals surface area (Å²) in [6.45, 7) is 3.99. The first-order valence-corrected chi connectivity index (χ1v) is 6.31. The zero-order valence-corrected chi connectivity index (χ0v) is 11.2. The number of hydrogen-bond acceptors (Lipinski definition) is 6. The molecule has 6 nitrogen and oxygen atoms in total. The van der Waals surface area contributed by atoms with Crippen molar-refractivity contribution in [2.45, 2.75) is 45.3 Å². The summed E-state index contributed by atoms with van der Waals surface area (Å²) in [4.78, 5) is 8.85. The van der Waals surface area contributed by atoms with E-state index in [1.807, 2.05) is 13.8 Å². The molecule has 1 heterocycles. The number of methoxy groups -OCH3 is 1. The molecular formula is C12H21N5O. The highest BCUT2D eigenvalue weighted by Crippen LogP contribution is 2.28. The standard InChI is InChI=1S/C12H21N5O/c1-4-10-15-11(7(2)12(16-10)17-13)14-8-5-9(6-8)18-3/h8-9H,4-6,13H2,1-3H3,(H2,14,15,16,17). The summed E-state index contributed by atoms with van der Waals surface area (Å²) >= 11 is 0. The number of anilines is 2. The third-order valence-corrected chi connectivity index (χ3v) is 3.41. The van der Waals surface area contributed by atoms with Gasteiger partial charge in [-0.15, -0.1) is 0 Å². The molecule has 1 aliphatic carbocycles. The van der Waals surface area contributed by atoms with Gasteiger partial charge >= 0.3 is 0 Å². The first-order valence-electron chi connectivity index (χ1n) is 6.31. The number of nitrogens with two attached hydrogens (primary N) is 1. The number of hydrazine groups is 1. The van der Waals surface area contributed by atoms with Gasteiger partial charge in [0.25, 0.3) is 0 Å². The summed E-state index contributed by atoms with van der Waals surface area (Å²) in [5.41, 5.74) is 3.58. The van der Waals surface area contributed by atoms with E-state index in [4.69, 9.17) is 10.6 Å². The number of nitrogen functional groups attached to an aromatic ring is 1. The monoisotopic (exact) mass is 251 g/mol. The average molecular weight is 251 g/mol. The van der Waals surface area contributed by atoms with Crippen LogP contribution in [0.3, 0.4) is 0 Å². The van der Waals surface area contributed by atoms with Crippen LogP contribution in [-0.2, 0) is 11.2 Å². The van der Waals surface area contributed by atoms with Gasteiger partial charge in [0.15, 0.2) is 0 Å². The van der Waals surface area contributed by atoms with Crippen molar-refractivity contribution in [3.05, 3.63) is 11.4 Å². The van der Waals surface area contributed by atoms with Crippen LogP contribution in [0.25, 0.3) is 0 Å². The molecular weight excluding hydrogens is 230 g/mol. The summed E-state index contributed by atoms with van der Waals surface area (Å²) < 4.78 is 5.27. The lowest BCUT2D eigenvalue weighted by Crippen LogP contribution is -2.40. The van der Waals surface area contributed by atoms with Gasteiger partial charge in [0.1, 0.15) is 17.5 Å². The zero-order chi connectivity index (χ0) is 13.1. The first kappa shape index (κ1) is 13.0. The van der Waals surface area contributed by atoms with Crippen LogP contribution in [0.2, 0.25) is 0 Å². The Balaban J connectivity index is 2.11. The van der Waals surface area contributed by atoms with E-state index in [-0.39, 0.29) is 0 Å². The van der Waals surface area contributed by atoms with Gasteiger partial charge in [-0.3, -0.25) is 0 Å². The van der Waals surface area contributed by atoms with Crippen LogP contribution in [0, 0.1) is 6.92 Å². The van der Waals surface area contributed by atoms with E-state index in [1.165, 1.54) is 0 Å². The molecule has 1 aromatic heterocycles. The molecule has 4 N–H and O–H groups in total. The van der Waals surface area contributed by atoms with Gasteiger partial charge in [-0.05, 0) is 19.8 Å². The molecule has 0 unspecified atom stereocenters. The molecule has 0 radical (unpaired) electrons. The third kappa shape index (κ3) is 2.54. The Morgan fingerprint density at radius 3 is 2.56 bits per heavy atom. The minimum absolute atomic E-state index is 0.377. The van der Waals surface area contributed by atoms with Crippen LogP contribution >= 0.6 is 0 Å². The maximum atomic E-state index is 5.48. The number of aromatic nitrogens is 2. The predicted octanol–water partition coefficient (Wildman–Crippen LogP) is 1.22. The lowest BCUT2D eigenvalue weighted by molar-refractivity contribution is 0.0327. The second-order valence-electron chi connectivity index (χ2n) is 4.63. The highest BCUT2D eigenvalue weighted by molar-refractivity contribution is 5.57. The highest BCUT2D eigenvalue weighted by atomic mass is 16.5. The molecule has 0 saturated heterocycles. The van der Waals surface area contributed by atoms with Crippen molar-refractivity contribution in [1.82, 2.24) is 9.97 Å². The lowest BCUT2D eigenvalue weighted by atomic mass is 9.89. The maximum absolute atomic E-state index is 5.48. The average Bonchev–Trinajstić information content (AvgIpc) is 2.34. The van der Waals surface area contributed by atoms with Crippen molar-refractivity contribution in [2.24, 2.45) is 5.84 Å². The van der Waals surface area contributed by atoms with Gasteiger partial charge < -0.3 is 15.5 Å². The SMILES string of the molecule is CCc1nc(NN)c(C)c(NC2CC(OC)C2)n1. The van der Waals surface area contributed by atoms with Gasteiger partial charge in [0.05, 0.1) is 6.10 Å². The maximum Gasteiger partial charge on any atom is 0.148 e. The van der Waals surface area contributed by atoms with Crippen molar-refractivity contribution in [3.8, 4) is 0 Å². The Kier molecular flexibility index (Phi) is 3.98. The summed E-state index contributed by atoms with van der Waals surface area (Å²) in [6, 6.07) is 0.430. The second kappa shape index (κ2) is 5.49. The molecule has 0 spiro atoms. The molecule has 0 bridgehead atoms. The Morgan fingerprint density at radius 2 is 2.00 bits per heavy atom. The second-order valence-corrected chi connectivity index (χ2v) is 4.63. The van der Waals surface area contributed by atoms with Gasteiger partial charge in [-0.1, -0.05) is 6.92 Å².